The zero-order valence-electron chi connectivity index (χ0n) is 12.3. The standard InChI is InChI=1S/C17H25NO2/c1-13-5-7-14(8-6-13)9-10-17(20)18-16-4-2-3-15(11-16)12-19/h5-8,15-16,19H,2-4,9-12H2,1H3,(H,18,20)/t15-,16-/m1/s1. The summed E-state index contributed by atoms with van der Waals surface area (Å²) in [5.74, 6) is 0.500. The van der Waals surface area contributed by atoms with E-state index < -0.39 is 0 Å². The Morgan fingerprint density at radius 2 is 2.05 bits per heavy atom. The van der Waals surface area contributed by atoms with Gasteiger partial charge < -0.3 is 10.4 Å². The van der Waals surface area contributed by atoms with Crippen molar-refractivity contribution in [3.05, 3.63) is 35.4 Å². The monoisotopic (exact) mass is 275 g/mol. The number of rotatable bonds is 5. The normalized spacial score (nSPS) is 22.5. The van der Waals surface area contributed by atoms with Crippen molar-refractivity contribution in [2.75, 3.05) is 6.61 Å². The number of benzene rings is 1. The summed E-state index contributed by atoms with van der Waals surface area (Å²) in [7, 11) is 0. The highest BCUT2D eigenvalue weighted by Crippen LogP contribution is 2.23. The van der Waals surface area contributed by atoms with E-state index in [0.29, 0.717) is 12.3 Å². The van der Waals surface area contributed by atoms with Gasteiger partial charge in [-0.2, -0.15) is 0 Å². The van der Waals surface area contributed by atoms with E-state index in [4.69, 9.17) is 0 Å². The Morgan fingerprint density at radius 1 is 1.30 bits per heavy atom. The van der Waals surface area contributed by atoms with Crippen molar-refractivity contribution in [2.24, 2.45) is 5.92 Å². The molecule has 0 spiro atoms. The second-order valence-electron chi connectivity index (χ2n) is 5.97. The summed E-state index contributed by atoms with van der Waals surface area (Å²) in [5, 5.41) is 12.3. The van der Waals surface area contributed by atoms with Crippen LogP contribution in [0.5, 0.6) is 0 Å². The molecule has 3 heteroatoms. The summed E-state index contributed by atoms with van der Waals surface area (Å²) < 4.78 is 0. The molecule has 1 aliphatic carbocycles. The first-order valence-electron chi connectivity index (χ1n) is 7.63. The van der Waals surface area contributed by atoms with Crippen LogP contribution in [0.25, 0.3) is 0 Å². The maximum Gasteiger partial charge on any atom is 0.220 e. The number of aliphatic hydroxyl groups is 1. The Balaban J connectivity index is 1.73. The summed E-state index contributed by atoms with van der Waals surface area (Å²) in [5.41, 5.74) is 2.46. The van der Waals surface area contributed by atoms with Crippen molar-refractivity contribution in [1.29, 1.82) is 0 Å². The zero-order valence-corrected chi connectivity index (χ0v) is 12.3. The van der Waals surface area contributed by atoms with Crippen LogP contribution in [0.4, 0.5) is 0 Å². The van der Waals surface area contributed by atoms with Crippen molar-refractivity contribution in [1.82, 2.24) is 5.32 Å². The third-order valence-electron chi connectivity index (χ3n) is 4.17. The minimum atomic E-state index is 0.133. The van der Waals surface area contributed by atoms with Gasteiger partial charge in [0.05, 0.1) is 0 Å². The number of hydrogen-bond donors (Lipinski definition) is 2. The van der Waals surface area contributed by atoms with E-state index in [0.717, 1.165) is 32.1 Å². The van der Waals surface area contributed by atoms with Crippen LogP contribution in [0, 0.1) is 12.8 Å². The molecule has 1 fully saturated rings. The molecule has 1 aliphatic rings. The molecule has 0 unspecified atom stereocenters. The molecule has 0 bridgehead atoms. The lowest BCUT2D eigenvalue weighted by atomic mass is 9.86. The molecular formula is C17H25NO2. The van der Waals surface area contributed by atoms with E-state index in [1.807, 2.05) is 0 Å². The average molecular weight is 275 g/mol. The molecule has 110 valence electrons. The molecule has 2 rings (SSSR count). The van der Waals surface area contributed by atoms with Gasteiger partial charge >= 0.3 is 0 Å². The second-order valence-corrected chi connectivity index (χ2v) is 5.97. The smallest absolute Gasteiger partial charge is 0.220 e. The molecule has 1 amide bonds. The number of amides is 1. The third-order valence-corrected chi connectivity index (χ3v) is 4.17. The minimum absolute atomic E-state index is 0.133. The van der Waals surface area contributed by atoms with Crippen LogP contribution in [0.1, 0.15) is 43.2 Å². The summed E-state index contributed by atoms with van der Waals surface area (Å²) in [6.07, 6.45) is 5.51. The van der Waals surface area contributed by atoms with Gasteiger partial charge in [-0.15, -0.1) is 0 Å². The van der Waals surface area contributed by atoms with Crippen LogP contribution in [-0.4, -0.2) is 23.7 Å². The van der Waals surface area contributed by atoms with Gasteiger partial charge in [0.1, 0.15) is 0 Å². The van der Waals surface area contributed by atoms with Gasteiger partial charge in [0.2, 0.25) is 5.91 Å². The fourth-order valence-electron chi connectivity index (χ4n) is 2.90. The van der Waals surface area contributed by atoms with Gasteiger partial charge in [0, 0.05) is 19.1 Å². The van der Waals surface area contributed by atoms with Gasteiger partial charge in [-0.25, -0.2) is 0 Å². The fraction of sp³-hybridized carbons (Fsp3) is 0.588. The molecule has 3 nitrogen and oxygen atoms in total. The Labute approximate surface area is 121 Å². The van der Waals surface area contributed by atoms with Crippen LogP contribution in [0.2, 0.25) is 0 Å². The average Bonchev–Trinajstić information content (AvgIpc) is 2.47. The minimum Gasteiger partial charge on any atom is -0.396 e. The quantitative estimate of drug-likeness (QED) is 0.868. The molecule has 0 radical (unpaired) electrons. The molecule has 20 heavy (non-hydrogen) atoms. The number of carbonyl (C=O) groups excluding carboxylic acids is 1. The van der Waals surface area contributed by atoms with Gasteiger partial charge in [-0.05, 0) is 44.1 Å². The molecule has 0 aliphatic heterocycles. The highest BCUT2D eigenvalue weighted by atomic mass is 16.3. The number of carbonyl (C=O) groups is 1. The van der Waals surface area contributed by atoms with Crippen LogP contribution in [0.3, 0.4) is 0 Å². The lowest BCUT2D eigenvalue weighted by Crippen LogP contribution is -2.39. The first-order valence-corrected chi connectivity index (χ1v) is 7.63. The highest BCUT2D eigenvalue weighted by Gasteiger charge is 2.22. The Hall–Kier alpha value is -1.35. The largest absolute Gasteiger partial charge is 0.396 e. The van der Waals surface area contributed by atoms with Crippen LogP contribution < -0.4 is 5.32 Å². The van der Waals surface area contributed by atoms with Crippen molar-refractivity contribution in [3.8, 4) is 0 Å². The number of aliphatic hydroxyl groups excluding tert-OH is 1. The van der Waals surface area contributed by atoms with E-state index >= 15 is 0 Å². The predicted molar refractivity (Wildman–Crippen MR) is 80.5 cm³/mol. The van der Waals surface area contributed by atoms with Crippen molar-refractivity contribution in [3.63, 3.8) is 0 Å². The van der Waals surface area contributed by atoms with E-state index in [2.05, 4.69) is 36.5 Å². The number of nitrogens with one attached hydrogen (secondary N) is 1. The molecule has 0 heterocycles. The number of hydrogen-bond acceptors (Lipinski definition) is 2. The molecule has 2 N–H and O–H groups in total. The molecule has 0 aromatic heterocycles. The van der Waals surface area contributed by atoms with E-state index in [-0.39, 0.29) is 18.6 Å². The SMILES string of the molecule is Cc1ccc(CCC(=O)N[C@@H]2CCC[C@@H](CO)C2)cc1. The number of aryl methyl sites for hydroxylation is 2. The van der Waals surface area contributed by atoms with Gasteiger partial charge in [0.15, 0.2) is 0 Å². The molecule has 0 saturated heterocycles. The van der Waals surface area contributed by atoms with Crippen molar-refractivity contribution >= 4 is 5.91 Å². The Morgan fingerprint density at radius 3 is 2.75 bits per heavy atom. The fourth-order valence-corrected chi connectivity index (χ4v) is 2.90. The van der Waals surface area contributed by atoms with Crippen LogP contribution in [-0.2, 0) is 11.2 Å². The maximum atomic E-state index is 12.0. The van der Waals surface area contributed by atoms with E-state index in [1.54, 1.807) is 0 Å². The lowest BCUT2D eigenvalue weighted by Gasteiger charge is -2.28. The van der Waals surface area contributed by atoms with Crippen molar-refractivity contribution < 1.29 is 9.90 Å². The predicted octanol–water partition coefficient (Wildman–Crippen LogP) is 2.59. The van der Waals surface area contributed by atoms with Gasteiger partial charge in [0.25, 0.3) is 0 Å². The molecule has 1 aromatic carbocycles. The van der Waals surface area contributed by atoms with Crippen LogP contribution in [0.15, 0.2) is 24.3 Å². The molecule has 2 atom stereocenters. The lowest BCUT2D eigenvalue weighted by molar-refractivity contribution is -0.122. The summed E-state index contributed by atoms with van der Waals surface area (Å²) in [6.45, 7) is 2.31. The molecule has 1 aromatic rings. The van der Waals surface area contributed by atoms with E-state index in [9.17, 15) is 9.90 Å². The van der Waals surface area contributed by atoms with Crippen molar-refractivity contribution in [2.45, 2.75) is 51.5 Å². The maximum absolute atomic E-state index is 12.0. The topological polar surface area (TPSA) is 49.3 Å². The highest BCUT2D eigenvalue weighted by molar-refractivity contribution is 5.76. The summed E-state index contributed by atoms with van der Waals surface area (Å²) in [4.78, 5) is 12.0. The third kappa shape index (κ3) is 4.64. The van der Waals surface area contributed by atoms with Gasteiger partial charge in [-0.3, -0.25) is 4.79 Å². The summed E-state index contributed by atoms with van der Waals surface area (Å²) in [6, 6.07) is 8.60. The molecular weight excluding hydrogens is 250 g/mol. The molecule has 1 saturated carbocycles. The van der Waals surface area contributed by atoms with E-state index in [1.165, 1.54) is 11.1 Å². The second kappa shape index (κ2) is 7.44. The first-order chi connectivity index (χ1) is 9.67. The zero-order chi connectivity index (χ0) is 14.4. The Kier molecular flexibility index (Phi) is 5.60. The Bertz CT molecular complexity index is 427. The summed E-state index contributed by atoms with van der Waals surface area (Å²) >= 11 is 0. The van der Waals surface area contributed by atoms with Gasteiger partial charge in [-0.1, -0.05) is 36.2 Å². The van der Waals surface area contributed by atoms with Crippen LogP contribution >= 0.6 is 0 Å². The first kappa shape index (κ1) is 15.0.